The summed E-state index contributed by atoms with van der Waals surface area (Å²) in [4.78, 5) is 0. The molecule has 1 unspecified atom stereocenters. The lowest BCUT2D eigenvalue weighted by Crippen LogP contribution is -2.42. The third-order valence-corrected chi connectivity index (χ3v) is 4.27. The van der Waals surface area contributed by atoms with Crippen LogP contribution in [0.15, 0.2) is 12.3 Å². The van der Waals surface area contributed by atoms with Crippen molar-refractivity contribution >= 4 is 0 Å². The van der Waals surface area contributed by atoms with Crippen molar-refractivity contribution in [1.29, 1.82) is 0 Å². The Morgan fingerprint density at radius 2 is 2.05 bits per heavy atom. The molecule has 0 spiro atoms. The molecule has 1 atom stereocenters. The van der Waals surface area contributed by atoms with Crippen LogP contribution in [0.5, 0.6) is 0 Å². The van der Waals surface area contributed by atoms with Gasteiger partial charge in [-0.15, -0.1) is 0 Å². The first kappa shape index (κ1) is 14.6. The molecule has 0 saturated heterocycles. The summed E-state index contributed by atoms with van der Waals surface area (Å²) < 4.78 is 2.20. The Kier molecular flexibility index (Phi) is 4.67. The van der Waals surface area contributed by atoms with Crippen LogP contribution in [-0.2, 0) is 6.42 Å². The lowest BCUT2D eigenvalue weighted by atomic mass is 9.84. The number of rotatable bonds is 5. The summed E-state index contributed by atoms with van der Waals surface area (Å²) in [7, 11) is 0. The number of nitrogens with zero attached hydrogens (tertiary/aromatic N) is 2. The number of hydrogen-bond donors (Lipinski definition) is 1. The Morgan fingerprint density at radius 1 is 1.37 bits per heavy atom. The van der Waals surface area contributed by atoms with E-state index in [-0.39, 0.29) is 5.41 Å². The van der Waals surface area contributed by atoms with E-state index >= 15 is 0 Å². The molecule has 1 aromatic rings. The molecule has 0 aliphatic heterocycles. The maximum atomic E-state index is 4.80. The molecule has 0 amide bonds. The van der Waals surface area contributed by atoms with Crippen molar-refractivity contribution in [2.24, 2.45) is 5.41 Å². The molecule has 3 heteroatoms. The molecule has 0 aromatic carbocycles. The second kappa shape index (κ2) is 6.08. The lowest BCUT2D eigenvalue weighted by molar-refractivity contribution is 0.267. The Morgan fingerprint density at radius 3 is 2.63 bits per heavy atom. The molecule has 1 N–H and O–H groups in total. The Bertz CT molecular complexity index is 383. The van der Waals surface area contributed by atoms with Gasteiger partial charge in [-0.2, -0.15) is 5.10 Å². The van der Waals surface area contributed by atoms with E-state index < -0.39 is 0 Å². The van der Waals surface area contributed by atoms with Gasteiger partial charge < -0.3 is 5.32 Å². The van der Waals surface area contributed by atoms with Crippen molar-refractivity contribution in [2.75, 3.05) is 6.54 Å². The minimum atomic E-state index is 0.271. The summed E-state index contributed by atoms with van der Waals surface area (Å²) >= 11 is 0. The number of aromatic nitrogens is 2. The molecule has 108 valence electrons. The van der Waals surface area contributed by atoms with Crippen LogP contribution >= 0.6 is 0 Å². The highest BCUT2D eigenvalue weighted by Gasteiger charge is 2.25. The fourth-order valence-corrected chi connectivity index (χ4v) is 3.00. The highest BCUT2D eigenvalue weighted by molar-refractivity contribution is 5.04. The minimum Gasteiger partial charge on any atom is -0.313 e. The molecule has 1 heterocycles. The largest absolute Gasteiger partial charge is 0.313 e. The van der Waals surface area contributed by atoms with E-state index in [0.29, 0.717) is 12.1 Å². The van der Waals surface area contributed by atoms with Crippen molar-refractivity contribution in [3.8, 4) is 0 Å². The average molecular weight is 263 g/mol. The van der Waals surface area contributed by atoms with Crippen LogP contribution in [-0.4, -0.2) is 22.4 Å². The van der Waals surface area contributed by atoms with E-state index in [0.717, 1.165) is 13.0 Å². The smallest absolute Gasteiger partial charge is 0.0640 e. The standard InChI is InChI=1S/C16H29N3/c1-5-17-15(16(2,3)4)12-13-10-11-19(18-13)14-8-6-7-9-14/h10-11,14-15,17H,5-9,12H2,1-4H3. The van der Waals surface area contributed by atoms with Gasteiger partial charge in [-0.3, -0.25) is 4.68 Å². The molecular formula is C16H29N3. The van der Waals surface area contributed by atoms with Crippen LogP contribution in [0, 0.1) is 5.41 Å². The summed E-state index contributed by atoms with van der Waals surface area (Å²) in [5.41, 5.74) is 1.50. The van der Waals surface area contributed by atoms with Crippen molar-refractivity contribution < 1.29 is 0 Å². The summed E-state index contributed by atoms with van der Waals surface area (Å²) in [6.07, 6.45) is 8.53. The van der Waals surface area contributed by atoms with Crippen LogP contribution in [0.1, 0.15) is 65.1 Å². The molecule has 0 bridgehead atoms. The maximum Gasteiger partial charge on any atom is 0.0640 e. The second-order valence-electron chi connectivity index (χ2n) is 6.91. The molecule has 19 heavy (non-hydrogen) atoms. The first-order valence-electron chi connectivity index (χ1n) is 7.78. The van der Waals surface area contributed by atoms with Gasteiger partial charge in [0.25, 0.3) is 0 Å². The Hall–Kier alpha value is -0.830. The van der Waals surface area contributed by atoms with Crippen molar-refractivity contribution in [2.45, 2.75) is 71.9 Å². The van der Waals surface area contributed by atoms with E-state index in [1.54, 1.807) is 0 Å². The van der Waals surface area contributed by atoms with Gasteiger partial charge in [0.1, 0.15) is 0 Å². The van der Waals surface area contributed by atoms with Crippen LogP contribution < -0.4 is 5.32 Å². The van der Waals surface area contributed by atoms with Crippen molar-refractivity contribution in [3.05, 3.63) is 18.0 Å². The SMILES string of the molecule is CCNC(Cc1ccn(C2CCCC2)n1)C(C)(C)C. The van der Waals surface area contributed by atoms with E-state index in [9.17, 15) is 0 Å². The molecular weight excluding hydrogens is 234 g/mol. The highest BCUT2D eigenvalue weighted by atomic mass is 15.3. The highest BCUT2D eigenvalue weighted by Crippen LogP contribution is 2.29. The van der Waals surface area contributed by atoms with Gasteiger partial charge in [0.2, 0.25) is 0 Å². The maximum absolute atomic E-state index is 4.80. The van der Waals surface area contributed by atoms with E-state index in [2.05, 4.69) is 50.0 Å². The van der Waals surface area contributed by atoms with Crippen LogP contribution in [0.3, 0.4) is 0 Å². The third kappa shape index (κ3) is 3.82. The average Bonchev–Trinajstić information content (AvgIpc) is 2.97. The molecule has 1 aromatic heterocycles. The second-order valence-corrected chi connectivity index (χ2v) is 6.91. The lowest BCUT2D eigenvalue weighted by Gasteiger charge is -2.31. The number of likely N-dealkylation sites (N-methyl/N-ethyl adjacent to an activating group) is 1. The predicted molar refractivity (Wildman–Crippen MR) is 80.4 cm³/mol. The minimum absolute atomic E-state index is 0.271. The van der Waals surface area contributed by atoms with Gasteiger partial charge in [0.05, 0.1) is 11.7 Å². The van der Waals surface area contributed by atoms with E-state index in [4.69, 9.17) is 5.10 Å². The van der Waals surface area contributed by atoms with Crippen molar-refractivity contribution in [3.63, 3.8) is 0 Å². The van der Waals surface area contributed by atoms with Crippen LogP contribution in [0.2, 0.25) is 0 Å². The van der Waals surface area contributed by atoms with Gasteiger partial charge in [-0.05, 0) is 30.9 Å². The molecule has 3 nitrogen and oxygen atoms in total. The van der Waals surface area contributed by atoms with Crippen LogP contribution in [0.4, 0.5) is 0 Å². The van der Waals surface area contributed by atoms with Crippen molar-refractivity contribution in [1.82, 2.24) is 15.1 Å². The first-order chi connectivity index (χ1) is 9.00. The van der Waals surface area contributed by atoms with Gasteiger partial charge in [-0.1, -0.05) is 40.5 Å². The Labute approximate surface area is 117 Å². The molecule has 0 radical (unpaired) electrons. The fourth-order valence-electron chi connectivity index (χ4n) is 3.00. The summed E-state index contributed by atoms with van der Waals surface area (Å²) in [6.45, 7) is 10.1. The zero-order chi connectivity index (χ0) is 13.9. The van der Waals surface area contributed by atoms with Gasteiger partial charge in [0, 0.05) is 18.7 Å². The quantitative estimate of drug-likeness (QED) is 0.880. The molecule has 1 saturated carbocycles. The van der Waals surface area contributed by atoms with Crippen LogP contribution in [0.25, 0.3) is 0 Å². The number of hydrogen-bond acceptors (Lipinski definition) is 2. The molecule has 2 rings (SSSR count). The van der Waals surface area contributed by atoms with Gasteiger partial charge in [0.15, 0.2) is 0 Å². The zero-order valence-corrected chi connectivity index (χ0v) is 12.9. The summed E-state index contributed by atoms with van der Waals surface area (Å²) in [6, 6.07) is 3.35. The predicted octanol–water partition coefficient (Wildman–Crippen LogP) is 3.56. The summed E-state index contributed by atoms with van der Waals surface area (Å²) in [5.74, 6) is 0. The molecule has 1 aliphatic carbocycles. The van der Waals surface area contributed by atoms with Gasteiger partial charge in [-0.25, -0.2) is 0 Å². The third-order valence-electron chi connectivity index (χ3n) is 4.27. The van der Waals surface area contributed by atoms with E-state index in [1.165, 1.54) is 31.4 Å². The molecule has 1 aliphatic rings. The monoisotopic (exact) mass is 263 g/mol. The zero-order valence-electron chi connectivity index (χ0n) is 12.9. The Balaban J connectivity index is 2.01. The number of nitrogens with one attached hydrogen (secondary N) is 1. The first-order valence-corrected chi connectivity index (χ1v) is 7.78. The van der Waals surface area contributed by atoms with E-state index in [1.807, 2.05) is 0 Å². The normalized spacial score (nSPS) is 18.9. The fraction of sp³-hybridized carbons (Fsp3) is 0.812. The van der Waals surface area contributed by atoms with Gasteiger partial charge >= 0.3 is 0 Å². The topological polar surface area (TPSA) is 29.9 Å². The summed E-state index contributed by atoms with van der Waals surface area (Å²) in [5, 5.41) is 8.41. The molecule has 1 fully saturated rings.